The van der Waals surface area contributed by atoms with Crippen molar-refractivity contribution >= 4 is 32.9 Å². The molecule has 0 fully saturated rings. The number of para-hydroxylation sites is 1. The summed E-state index contributed by atoms with van der Waals surface area (Å²) in [5.74, 6) is 2.99. The molecule has 0 amide bonds. The lowest BCUT2D eigenvalue weighted by molar-refractivity contribution is 0.204. The van der Waals surface area contributed by atoms with Crippen LogP contribution in [-0.4, -0.2) is 45.7 Å². The second-order valence-corrected chi connectivity index (χ2v) is 8.02. The number of rotatable bonds is 11. The number of hydrogen-bond donors (Lipinski definition) is 1. The lowest BCUT2D eigenvalue weighted by Crippen LogP contribution is -2.10. The minimum absolute atomic E-state index is 0.302. The van der Waals surface area contributed by atoms with Gasteiger partial charge in [-0.15, -0.1) is 0 Å². The number of methoxy groups -OCH3 is 3. The van der Waals surface area contributed by atoms with E-state index in [4.69, 9.17) is 23.7 Å². The minimum Gasteiger partial charge on any atom is -0.497 e. The highest BCUT2D eigenvalue weighted by atomic mass is 32.1. The first-order valence-corrected chi connectivity index (χ1v) is 11.3. The predicted molar refractivity (Wildman–Crippen MR) is 134 cm³/mol. The summed E-state index contributed by atoms with van der Waals surface area (Å²) in [5, 5.41) is 5.02. The van der Waals surface area contributed by atoms with Gasteiger partial charge < -0.3 is 23.7 Å². The van der Waals surface area contributed by atoms with Crippen LogP contribution in [0.1, 0.15) is 5.56 Å². The number of hydrogen-bond acceptors (Lipinski definition) is 9. The van der Waals surface area contributed by atoms with Crippen molar-refractivity contribution in [2.24, 2.45) is 5.10 Å². The smallest absolute Gasteiger partial charge is 0.204 e. The van der Waals surface area contributed by atoms with Crippen molar-refractivity contribution in [1.82, 2.24) is 4.98 Å². The van der Waals surface area contributed by atoms with Crippen molar-refractivity contribution in [3.63, 3.8) is 0 Å². The molecule has 9 heteroatoms. The maximum atomic E-state index is 5.92. The molecule has 34 heavy (non-hydrogen) atoms. The van der Waals surface area contributed by atoms with Gasteiger partial charge in [-0.25, -0.2) is 4.98 Å². The third-order valence-corrected chi connectivity index (χ3v) is 5.73. The van der Waals surface area contributed by atoms with E-state index in [0.717, 1.165) is 21.5 Å². The maximum absolute atomic E-state index is 5.92. The van der Waals surface area contributed by atoms with Gasteiger partial charge in [-0.2, -0.15) is 5.10 Å². The molecule has 0 radical (unpaired) electrons. The zero-order valence-electron chi connectivity index (χ0n) is 19.1. The van der Waals surface area contributed by atoms with Crippen molar-refractivity contribution in [2.45, 2.75) is 0 Å². The summed E-state index contributed by atoms with van der Waals surface area (Å²) in [7, 11) is 4.77. The first kappa shape index (κ1) is 23.2. The van der Waals surface area contributed by atoms with E-state index < -0.39 is 0 Å². The Balaban J connectivity index is 1.39. The Morgan fingerprint density at radius 2 is 1.59 bits per heavy atom. The van der Waals surface area contributed by atoms with Crippen LogP contribution in [0.5, 0.6) is 28.7 Å². The minimum atomic E-state index is 0.302. The van der Waals surface area contributed by atoms with Crippen LogP contribution in [0.3, 0.4) is 0 Å². The molecule has 0 spiro atoms. The number of thiazole rings is 1. The van der Waals surface area contributed by atoms with E-state index in [1.807, 2.05) is 60.7 Å². The van der Waals surface area contributed by atoms with Crippen LogP contribution < -0.4 is 29.1 Å². The average molecular weight is 480 g/mol. The molecule has 0 saturated heterocycles. The van der Waals surface area contributed by atoms with Gasteiger partial charge in [0.15, 0.2) is 11.5 Å². The molecule has 0 unspecified atom stereocenters. The normalized spacial score (nSPS) is 10.9. The lowest BCUT2D eigenvalue weighted by Gasteiger charge is -2.15. The summed E-state index contributed by atoms with van der Waals surface area (Å²) >= 11 is 1.54. The van der Waals surface area contributed by atoms with Crippen molar-refractivity contribution < 1.29 is 23.7 Å². The van der Waals surface area contributed by atoms with Crippen LogP contribution in [0, 0.1) is 0 Å². The molecular weight excluding hydrogens is 454 g/mol. The monoisotopic (exact) mass is 479 g/mol. The van der Waals surface area contributed by atoms with Gasteiger partial charge in [-0.05, 0) is 36.4 Å². The highest BCUT2D eigenvalue weighted by Crippen LogP contribution is 2.38. The number of ether oxygens (including phenoxy) is 5. The summed E-state index contributed by atoms with van der Waals surface area (Å²) in [6.45, 7) is 0.644. The van der Waals surface area contributed by atoms with Crippen molar-refractivity contribution in [3.8, 4) is 28.7 Å². The molecule has 0 aliphatic carbocycles. The molecule has 1 aromatic heterocycles. The molecule has 0 aliphatic heterocycles. The first-order valence-electron chi connectivity index (χ1n) is 10.5. The van der Waals surface area contributed by atoms with Crippen molar-refractivity contribution in [3.05, 3.63) is 66.2 Å². The van der Waals surface area contributed by atoms with Gasteiger partial charge in [-0.3, -0.25) is 5.43 Å². The summed E-state index contributed by atoms with van der Waals surface area (Å²) in [6.07, 6.45) is 1.67. The quantitative estimate of drug-likeness (QED) is 0.179. The molecule has 0 bridgehead atoms. The number of fused-ring (bicyclic) bond motifs is 1. The number of nitrogens with one attached hydrogen (secondary N) is 1. The van der Waals surface area contributed by atoms with Crippen molar-refractivity contribution in [1.29, 1.82) is 0 Å². The second kappa shape index (κ2) is 11.2. The van der Waals surface area contributed by atoms with E-state index in [1.54, 1.807) is 27.5 Å². The summed E-state index contributed by atoms with van der Waals surface area (Å²) in [4.78, 5) is 4.50. The number of aromatic nitrogens is 1. The molecule has 3 aromatic carbocycles. The van der Waals surface area contributed by atoms with Crippen LogP contribution >= 0.6 is 11.3 Å². The van der Waals surface area contributed by atoms with Crippen molar-refractivity contribution in [2.75, 3.05) is 40.0 Å². The number of hydrazone groups is 1. The number of anilines is 1. The summed E-state index contributed by atoms with van der Waals surface area (Å²) in [6, 6.07) is 19.0. The Hall–Kier alpha value is -3.98. The largest absolute Gasteiger partial charge is 0.497 e. The zero-order chi connectivity index (χ0) is 23.8. The lowest BCUT2D eigenvalue weighted by atomic mass is 10.2. The van der Waals surface area contributed by atoms with Crippen LogP contribution in [0.4, 0.5) is 5.13 Å². The van der Waals surface area contributed by atoms with E-state index in [-0.39, 0.29) is 0 Å². The van der Waals surface area contributed by atoms with E-state index >= 15 is 0 Å². The van der Waals surface area contributed by atoms with Gasteiger partial charge in [0, 0.05) is 11.6 Å². The van der Waals surface area contributed by atoms with E-state index in [1.165, 1.54) is 11.3 Å². The molecule has 8 nitrogen and oxygen atoms in total. The molecule has 1 N–H and O–H groups in total. The Morgan fingerprint density at radius 3 is 2.32 bits per heavy atom. The topological polar surface area (TPSA) is 83.4 Å². The van der Waals surface area contributed by atoms with Gasteiger partial charge >= 0.3 is 0 Å². The number of nitrogens with zero attached hydrogens (tertiary/aromatic N) is 2. The zero-order valence-corrected chi connectivity index (χ0v) is 19.9. The van der Waals surface area contributed by atoms with E-state index in [9.17, 15) is 0 Å². The number of benzene rings is 3. The molecular formula is C25H25N3O5S. The summed E-state index contributed by atoms with van der Waals surface area (Å²) in [5.41, 5.74) is 4.69. The molecule has 1 heterocycles. The van der Waals surface area contributed by atoms with Gasteiger partial charge in [0.25, 0.3) is 0 Å². The Kier molecular flexibility index (Phi) is 7.67. The van der Waals surface area contributed by atoms with Crippen LogP contribution in [-0.2, 0) is 0 Å². The molecule has 0 saturated carbocycles. The predicted octanol–water partition coefficient (Wildman–Crippen LogP) is 5.23. The Bertz CT molecular complexity index is 1220. The van der Waals surface area contributed by atoms with E-state index in [0.29, 0.717) is 41.3 Å². The van der Waals surface area contributed by atoms with Gasteiger partial charge in [0.05, 0.1) is 37.8 Å². The molecule has 4 aromatic rings. The van der Waals surface area contributed by atoms with Gasteiger partial charge in [-0.1, -0.05) is 29.5 Å². The third kappa shape index (κ3) is 5.68. The molecule has 0 aliphatic rings. The SMILES string of the molecule is COc1cccc(OCCOc2c(OC)cc(/C=N/Nc3nc4ccccc4s3)cc2OC)c1. The standard InChI is InChI=1S/C25H25N3O5S/c1-29-18-7-6-8-19(15-18)32-11-12-33-24-21(30-2)13-17(14-22(24)31-3)16-26-28-25-27-20-9-4-5-10-23(20)34-25/h4-10,13-16H,11-12H2,1-3H3,(H,27,28)/b26-16+. The van der Waals surface area contributed by atoms with E-state index in [2.05, 4.69) is 15.5 Å². The fourth-order valence-electron chi connectivity index (χ4n) is 3.19. The van der Waals surface area contributed by atoms with Gasteiger partial charge in [0.1, 0.15) is 24.7 Å². The van der Waals surface area contributed by atoms with Crippen LogP contribution in [0.25, 0.3) is 10.2 Å². The highest BCUT2D eigenvalue weighted by molar-refractivity contribution is 7.22. The second-order valence-electron chi connectivity index (χ2n) is 6.99. The highest BCUT2D eigenvalue weighted by Gasteiger charge is 2.14. The molecule has 176 valence electrons. The Labute approximate surface area is 201 Å². The molecule has 4 rings (SSSR count). The Morgan fingerprint density at radius 1 is 0.853 bits per heavy atom. The van der Waals surface area contributed by atoms with Crippen LogP contribution in [0.15, 0.2) is 65.8 Å². The third-order valence-electron chi connectivity index (χ3n) is 4.79. The maximum Gasteiger partial charge on any atom is 0.204 e. The molecule has 0 atom stereocenters. The first-order chi connectivity index (χ1) is 16.7. The van der Waals surface area contributed by atoms with Gasteiger partial charge in [0.2, 0.25) is 10.9 Å². The average Bonchev–Trinajstić information content (AvgIpc) is 3.29. The van der Waals surface area contributed by atoms with Crippen LogP contribution in [0.2, 0.25) is 0 Å². The fourth-order valence-corrected chi connectivity index (χ4v) is 4.01. The fraction of sp³-hybridized carbons (Fsp3) is 0.200. The summed E-state index contributed by atoms with van der Waals surface area (Å²) < 4.78 is 29.0.